The Morgan fingerprint density at radius 1 is 0.400 bits per heavy atom. The van der Waals surface area contributed by atoms with Crippen LogP contribution in [0.2, 0.25) is 24.2 Å². The highest BCUT2D eigenvalue weighted by Crippen LogP contribution is 2.32. The lowest BCUT2D eigenvalue weighted by Gasteiger charge is -2.32. The molecule has 0 aromatic carbocycles. The van der Waals surface area contributed by atoms with Crippen LogP contribution >= 0.6 is 93.5 Å². The molecule has 0 aromatic rings. The maximum absolute atomic E-state index is 5.85. The van der Waals surface area contributed by atoms with Crippen LogP contribution in [0.3, 0.4) is 0 Å². The summed E-state index contributed by atoms with van der Waals surface area (Å²) in [5.41, 5.74) is 0. The van der Waals surface area contributed by atoms with Gasteiger partial charge in [0, 0.05) is 46.5 Å². The third-order valence-electron chi connectivity index (χ3n) is 3.99. The quantitative estimate of drug-likeness (QED) is 0.0933. The van der Waals surface area contributed by atoms with E-state index in [0.29, 0.717) is 0 Å². The second-order valence-electron chi connectivity index (χ2n) is 5.71. The first-order chi connectivity index (χ1) is 12.2. The van der Waals surface area contributed by atoms with Gasteiger partial charge in [-0.05, 0) is 47.2 Å². The minimum Gasteiger partial charge on any atom is -0.161 e. The smallest absolute Gasteiger partial charge is 0.0568 e. The molecule has 0 aliphatic rings. The van der Waals surface area contributed by atoms with Gasteiger partial charge in [-0.3, -0.25) is 0 Å². The van der Waals surface area contributed by atoms with Gasteiger partial charge in [0.15, 0.2) is 0 Å². The van der Waals surface area contributed by atoms with E-state index in [0.717, 1.165) is 46.5 Å². The van der Waals surface area contributed by atoms with E-state index in [9.17, 15) is 0 Å². The number of hydrogen-bond donors (Lipinski definition) is 0. The van der Waals surface area contributed by atoms with Gasteiger partial charge in [0.05, 0.1) is 8.07 Å². The molecule has 0 fully saturated rings. The van der Waals surface area contributed by atoms with Crippen molar-refractivity contribution in [2.24, 2.45) is 0 Å². The van der Waals surface area contributed by atoms with Gasteiger partial charge in [-0.2, -0.15) is 47.0 Å². The predicted octanol–water partition coefficient (Wildman–Crippen LogP) is 7.32. The average molecular weight is 523 g/mol. The summed E-state index contributed by atoms with van der Waals surface area (Å²) < 4.78 is 0. The summed E-state index contributed by atoms with van der Waals surface area (Å²) in [5.74, 6) is 12.5. The average Bonchev–Trinajstić information content (AvgIpc) is 2.63. The van der Waals surface area contributed by atoms with Crippen LogP contribution in [0.15, 0.2) is 0 Å². The van der Waals surface area contributed by atoms with Gasteiger partial charge in [-0.15, -0.1) is 46.4 Å². The van der Waals surface area contributed by atoms with Crippen molar-refractivity contribution in [3.63, 3.8) is 0 Å². The first-order valence-electron chi connectivity index (χ1n) is 8.79. The van der Waals surface area contributed by atoms with Crippen molar-refractivity contribution in [1.82, 2.24) is 0 Å². The van der Waals surface area contributed by atoms with Gasteiger partial charge in [-0.25, -0.2) is 0 Å². The topological polar surface area (TPSA) is 0 Å². The van der Waals surface area contributed by atoms with Crippen LogP contribution in [0, 0.1) is 0 Å². The molecular formula is C16H32Cl4S4Si. The molecule has 0 unspecified atom stereocenters. The van der Waals surface area contributed by atoms with Crippen molar-refractivity contribution >= 4 is 102 Å². The second-order valence-corrected chi connectivity index (χ2v) is 17.1. The highest BCUT2D eigenvalue weighted by atomic mass is 35.5. The van der Waals surface area contributed by atoms with Crippen LogP contribution in [0.1, 0.15) is 0 Å². The third-order valence-corrected chi connectivity index (χ3v) is 16.3. The number of alkyl halides is 4. The van der Waals surface area contributed by atoms with E-state index in [-0.39, 0.29) is 0 Å². The van der Waals surface area contributed by atoms with E-state index in [2.05, 4.69) is 0 Å². The molecule has 25 heavy (non-hydrogen) atoms. The highest BCUT2D eigenvalue weighted by molar-refractivity contribution is 8.00. The molecule has 0 bridgehead atoms. The molecule has 0 rings (SSSR count). The lowest BCUT2D eigenvalue weighted by atomic mass is 10.9. The SMILES string of the molecule is ClCCSCC[Si](CCSCCCl)(CCSCCCl)CCSCCCl. The Hall–Kier alpha value is 2.78. The minimum atomic E-state index is -1.25. The summed E-state index contributed by atoms with van der Waals surface area (Å²) in [6.45, 7) is 0. The largest absolute Gasteiger partial charge is 0.161 e. The third kappa shape index (κ3) is 17.4. The fourth-order valence-corrected chi connectivity index (χ4v) is 15.8. The Labute approximate surface area is 193 Å². The van der Waals surface area contributed by atoms with Crippen LogP contribution in [0.25, 0.3) is 0 Å². The minimum absolute atomic E-state index is 0.766. The van der Waals surface area contributed by atoms with Crippen LogP contribution in [0.4, 0.5) is 0 Å². The fourth-order valence-electron chi connectivity index (χ4n) is 2.53. The van der Waals surface area contributed by atoms with Crippen molar-refractivity contribution in [2.75, 3.05) is 69.5 Å². The zero-order valence-electron chi connectivity index (χ0n) is 15.0. The summed E-state index contributed by atoms with van der Waals surface area (Å²) in [5, 5.41) is 0. The maximum Gasteiger partial charge on any atom is 0.0568 e. The lowest BCUT2D eigenvalue weighted by Crippen LogP contribution is -2.37. The molecule has 9 heteroatoms. The summed E-state index contributed by atoms with van der Waals surface area (Å²) in [6.07, 6.45) is 0. The fraction of sp³-hybridized carbons (Fsp3) is 1.00. The van der Waals surface area contributed by atoms with E-state index in [1.165, 1.54) is 47.2 Å². The van der Waals surface area contributed by atoms with Crippen LogP contribution in [-0.2, 0) is 0 Å². The molecule has 0 aliphatic heterocycles. The van der Waals surface area contributed by atoms with Crippen molar-refractivity contribution in [2.45, 2.75) is 24.2 Å². The highest BCUT2D eigenvalue weighted by Gasteiger charge is 2.31. The molecule has 0 amide bonds. The Kier molecular flexibility index (Phi) is 23.9. The first-order valence-corrected chi connectivity index (χ1v) is 18.4. The van der Waals surface area contributed by atoms with Crippen molar-refractivity contribution in [1.29, 1.82) is 0 Å². The number of hydrogen-bond acceptors (Lipinski definition) is 4. The van der Waals surface area contributed by atoms with Crippen molar-refractivity contribution in [3.8, 4) is 0 Å². The molecule has 152 valence electrons. The van der Waals surface area contributed by atoms with Gasteiger partial charge in [0.1, 0.15) is 0 Å². The van der Waals surface area contributed by atoms with E-state index in [1.807, 2.05) is 47.0 Å². The van der Waals surface area contributed by atoms with Crippen molar-refractivity contribution in [3.05, 3.63) is 0 Å². The van der Waals surface area contributed by atoms with E-state index in [4.69, 9.17) is 46.4 Å². The monoisotopic (exact) mass is 520 g/mol. The molecule has 0 aromatic heterocycles. The molecule has 0 radical (unpaired) electrons. The maximum atomic E-state index is 5.85. The zero-order chi connectivity index (χ0) is 18.6. The Morgan fingerprint density at radius 2 is 0.640 bits per heavy atom. The Balaban J connectivity index is 4.62. The summed E-state index contributed by atoms with van der Waals surface area (Å²) >= 11 is 31.5. The molecule has 0 nitrogen and oxygen atoms in total. The standard InChI is InChI=1S/C16H32Cl4S4Si/c17-1-5-21-9-13-25(14-10-22-6-2-18,15-11-23-7-3-19)16-12-24-8-4-20/h1-16H2. The molecule has 0 heterocycles. The van der Waals surface area contributed by atoms with E-state index < -0.39 is 8.07 Å². The number of rotatable bonds is 20. The second kappa shape index (κ2) is 21.5. The number of halogens is 4. The lowest BCUT2D eigenvalue weighted by molar-refractivity contribution is 1.13. The van der Waals surface area contributed by atoms with Crippen LogP contribution in [-0.4, -0.2) is 77.6 Å². The summed E-state index contributed by atoms with van der Waals surface area (Å²) in [7, 11) is -1.25. The molecular weight excluding hydrogens is 490 g/mol. The van der Waals surface area contributed by atoms with Gasteiger partial charge < -0.3 is 0 Å². The molecule has 0 spiro atoms. The van der Waals surface area contributed by atoms with Crippen LogP contribution in [0.5, 0.6) is 0 Å². The van der Waals surface area contributed by atoms with E-state index >= 15 is 0 Å². The van der Waals surface area contributed by atoms with Gasteiger partial charge in [-0.1, -0.05) is 0 Å². The van der Waals surface area contributed by atoms with Crippen molar-refractivity contribution < 1.29 is 0 Å². The van der Waals surface area contributed by atoms with E-state index in [1.54, 1.807) is 0 Å². The normalized spacial score (nSPS) is 12.0. The first kappa shape index (κ1) is 27.8. The molecule has 0 aliphatic carbocycles. The molecule has 0 atom stereocenters. The molecule has 0 saturated carbocycles. The Morgan fingerprint density at radius 3 is 0.840 bits per heavy atom. The van der Waals surface area contributed by atoms with Gasteiger partial charge in [0.2, 0.25) is 0 Å². The Bertz CT molecular complexity index is 225. The number of thioether (sulfide) groups is 4. The summed E-state index contributed by atoms with van der Waals surface area (Å²) in [4.78, 5) is 0. The van der Waals surface area contributed by atoms with Gasteiger partial charge >= 0.3 is 0 Å². The summed E-state index contributed by atoms with van der Waals surface area (Å²) in [6, 6.07) is 5.72. The zero-order valence-corrected chi connectivity index (χ0v) is 22.2. The molecule has 0 N–H and O–H groups in total. The predicted molar refractivity (Wildman–Crippen MR) is 137 cm³/mol. The van der Waals surface area contributed by atoms with Gasteiger partial charge in [0.25, 0.3) is 0 Å². The molecule has 0 saturated heterocycles. The van der Waals surface area contributed by atoms with Crippen LogP contribution < -0.4 is 0 Å².